The summed E-state index contributed by atoms with van der Waals surface area (Å²) >= 11 is 0. The summed E-state index contributed by atoms with van der Waals surface area (Å²) in [5.74, 6) is -0.125. The van der Waals surface area contributed by atoms with Crippen LogP contribution in [0, 0.1) is 0 Å². The van der Waals surface area contributed by atoms with Crippen molar-refractivity contribution in [1.82, 2.24) is 0 Å². The summed E-state index contributed by atoms with van der Waals surface area (Å²) < 4.78 is 4.95. The van der Waals surface area contributed by atoms with E-state index < -0.39 is 0 Å². The van der Waals surface area contributed by atoms with E-state index in [1.54, 1.807) is 0 Å². The number of hydrogen-bond donors (Lipinski definition) is 1. The highest BCUT2D eigenvalue weighted by molar-refractivity contribution is 5.70. The average Bonchev–Trinajstić information content (AvgIpc) is 2.36. The van der Waals surface area contributed by atoms with Crippen LogP contribution >= 0.6 is 0 Å². The number of fused-ring (bicyclic) bond motifs is 1. The fraction of sp³-hybridized carbons (Fsp3) is 0.500. The van der Waals surface area contributed by atoms with Crippen LogP contribution in [0.2, 0.25) is 0 Å². The molecule has 0 fully saturated rings. The molecular formula is C14H20N2O2. The molecule has 0 saturated heterocycles. The first-order chi connectivity index (χ1) is 8.70. The predicted molar refractivity (Wildman–Crippen MR) is 72.6 cm³/mol. The van der Waals surface area contributed by atoms with Crippen molar-refractivity contribution in [3.05, 3.63) is 23.8 Å². The highest BCUT2D eigenvalue weighted by Gasteiger charge is 2.17. The van der Waals surface area contributed by atoms with E-state index >= 15 is 0 Å². The van der Waals surface area contributed by atoms with Gasteiger partial charge in [0.05, 0.1) is 13.0 Å². The molecule has 0 saturated carbocycles. The molecule has 0 bridgehead atoms. The number of nitrogen functional groups attached to an aromatic ring is 1. The molecule has 0 unspecified atom stereocenters. The van der Waals surface area contributed by atoms with E-state index in [1.807, 2.05) is 19.1 Å². The highest BCUT2D eigenvalue weighted by Crippen LogP contribution is 2.28. The number of carbonyl (C=O) groups is 1. The molecule has 1 aromatic carbocycles. The number of carbonyl (C=O) groups excluding carboxylic acids is 1. The van der Waals surface area contributed by atoms with Gasteiger partial charge in [-0.3, -0.25) is 4.79 Å². The Labute approximate surface area is 108 Å². The molecule has 1 aliphatic rings. The van der Waals surface area contributed by atoms with Gasteiger partial charge in [0.2, 0.25) is 0 Å². The van der Waals surface area contributed by atoms with Crippen molar-refractivity contribution in [1.29, 1.82) is 0 Å². The number of aryl methyl sites for hydroxylation is 1. The van der Waals surface area contributed by atoms with Crippen LogP contribution in [-0.2, 0) is 16.0 Å². The van der Waals surface area contributed by atoms with Gasteiger partial charge in [-0.1, -0.05) is 0 Å². The maximum Gasteiger partial charge on any atom is 0.307 e. The SMILES string of the molecule is CCOC(=O)CCN1CCCc2cc(N)ccc21. The number of hydrogen-bond acceptors (Lipinski definition) is 4. The van der Waals surface area contributed by atoms with Crippen LogP contribution in [0.5, 0.6) is 0 Å². The second kappa shape index (κ2) is 5.76. The largest absolute Gasteiger partial charge is 0.466 e. The van der Waals surface area contributed by atoms with E-state index in [0.29, 0.717) is 13.0 Å². The molecule has 1 heterocycles. The lowest BCUT2D eigenvalue weighted by Crippen LogP contribution is -2.31. The Morgan fingerprint density at radius 3 is 3.11 bits per heavy atom. The molecule has 0 radical (unpaired) electrons. The molecule has 1 aromatic rings. The molecule has 2 rings (SSSR count). The first-order valence-electron chi connectivity index (χ1n) is 6.49. The molecular weight excluding hydrogens is 228 g/mol. The zero-order valence-electron chi connectivity index (χ0n) is 10.8. The molecule has 18 heavy (non-hydrogen) atoms. The summed E-state index contributed by atoms with van der Waals surface area (Å²) in [7, 11) is 0. The first-order valence-corrected chi connectivity index (χ1v) is 6.49. The summed E-state index contributed by atoms with van der Waals surface area (Å²) in [5.41, 5.74) is 9.09. The second-order valence-electron chi connectivity index (χ2n) is 4.53. The minimum absolute atomic E-state index is 0.125. The molecule has 0 amide bonds. The van der Waals surface area contributed by atoms with Crippen molar-refractivity contribution >= 4 is 17.3 Å². The maximum absolute atomic E-state index is 11.4. The smallest absolute Gasteiger partial charge is 0.307 e. The molecule has 0 spiro atoms. The van der Waals surface area contributed by atoms with Gasteiger partial charge in [-0.15, -0.1) is 0 Å². The van der Waals surface area contributed by atoms with Crippen LogP contribution in [0.3, 0.4) is 0 Å². The predicted octanol–water partition coefficient (Wildman–Crippen LogP) is 1.97. The lowest BCUT2D eigenvalue weighted by atomic mass is 10.0. The van der Waals surface area contributed by atoms with Crippen LogP contribution in [0.25, 0.3) is 0 Å². The van der Waals surface area contributed by atoms with Gasteiger partial charge in [0, 0.05) is 24.5 Å². The normalized spacial score (nSPS) is 14.2. The molecule has 0 atom stereocenters. The van der Waals surface area contributed by atoms with Crippen molar-refractivity contribution in [2.75, 3.05) is 30.3 Å². The second-order valence-corrected chi connectivity index (χ2v) is 4.53. The summed E-state index contributed by atoms with van der Waals surface area (Å²) in [6, 6.07) is 6.00. The van der Waals surface area contributed by atoms with E-state index in [9.17, 15) is 4.79 Å². The van der Waals surface area contributed by atoms with Crippen LogP contribution in [0.4, 0.5) is 11.4 Å². The number of nitrogens with zero attached hydrogens (tertiary/aromatic N) is 1. The quantitative estimate of drug-likeness (QED) is 0.654. The van der Waals surface area contributed by atoms with Gasteiger partial charge in [-0.2, -0.15) is 0 Å². The number of anilines is 2. The van der Waals surface area contributed by atoms with Crippen molar-refractivity contribution in [3.8, 4) is 0 Å². The van der Waals surface area contributed by atoms with Gasteiger partial charge in [0.25, 0.3) is 0 Å². The van der Waals surface area contributed by atoms with E-state index in [0.717, 1.165) is 31.6 Å². The molecule has 4 nitrogen and oxygen atoms in total. The Morgan fingerprint density at radius 2 is 2.33 bits per heavy atom. The van der Waals surface area contributed by atoms with Crippen LogP contribution in [0.1, 0.15) is 25.3 Å². The van der Waals surface area contributed by atoms with E-state index in [4.69, 9.17) is 10.5 Å². The maximum atomic E-state index is 11.4. The molecule has 0 aromatic heterocycles. The standard InChI is InChI=1S/C14H20N2O2/c1-2-18-14(17)7-9-16-8-3-4-11-10-12(15)5-6-13(11)16/h5-6,10H,2-4,7-9,15H2,1H3. The third-order valence-electron chi connectivity index (χ3n) is 3.21. The molecule has 0 aliphatic carbocycles. The number of benzene rings is 1. The highest BCUT2D eigenvalue weighted by atomic mass is 16.5. The molecule has 4 heteroatoms. The minimum Gasteiger partial charge on any atom is -0.466 e. The lowest BCUT2D eigenvalue weighted by Gasteiger charge is -2.31. The number of rotatable bonds is 4. The van der Waals surface area contributed by atoms with Crippen molar-refractivity contribution in [3.63, 3.8) is 0 Å². The Bertz CT molecular complexity index is 432. The topological polar surface area (TPSA) is 55.6 Å². The van der Waals surface area contributed by atoms with Crippen molar-refractivity contribution in [2.45, 2.75) is 26.2 Å². The fourth-order valence-corrected chi connectivity index (χ4v) is 2.39. The minimum atomic E-state index is -0.125. The lowest BCUT2D eigenvalue weighted by molar-refractivity contribution is -0.142. The van der Waals surface area contributed by atoms with Gasteiger partial charge in [0.15, 0.2) is 0 Å². The monoisotopic (exact) mass is 248 g/mol. The zero-order valence-corrected chi connectivity index (χ0v) is 10.8. The van der Waals surface area contributed by atoms with Crippen molar-refractivity contribution in [2.24, 2.45) is 0 Å². The zero-order chi connectivity index (χ0) is 13.0. The van der Waals surface area contributed by atoms with Gasteiger partial charge in [0.1, 0.15) is 0 Å². The summed E-state index contributed by atoms with van der Waals surface area (Å²) in [5, 5.41) is 0. The average molecular weight is 248 g/mol. The molecule has 98 valence electrons. The van der Waals surface area contributed by atoms with E-state index in [2.05, 4.69) is 11.0 Å². The Hall–Kier alpha value is -1.71. The number of esters is 1. The van der Waals surface area contributed by atoms with E-state index in [-0.39, 0.29) is 5.97 Å². The first kappa shape index (κ1) is 12.7. The van der Waals surface area contributed by atoms with Crippen LogP contribution in [-0.4, -0.2) is 25.7 Å². The Kier molecular flexibility index (Phi) is 4.07. The van der Waals surface area contributed by atoms with Gasteiger partial charge in [-0.25, -0.2) is 0 Å². The van der Waals surface area contributed by atoms with Gasteiger partial charge in [-0.05, 0) is 43.5 Å². The summed E-state index contributed by atoms with van der Waals surface area (Å²) in [4.78, 5) is 13.6. The van der Waals surface area contributed by atoms with Crippen LogP contribution < -0.4 is 10.6 Å². The van der Waals surface area contributed by atoms with Crippen LogP contribution in [0.15, 0.2) is 18.2 Å². The Balaban J connectivity index is 2.01. The molecule has 1 aliphatic heterocycles. The van der Waals surface area contributed by atoms with E-state index in [1.165, 1.54) is 11.3 Å². The van der Waals surface area contributed by atoms with Gasteiger partial charge >= 0.3 is 5.97 Å². The van der Waals surface area contributed by atoms with Gasteiger partial charge < -0.3 is 15.4 Å². The fourth-order valence-electron chi connectivity index (χ4n) is 2.39. The third-order valence-corrected chi connectivity index (χ3v) is 3.21. The summed E-state index contributed by atoms with van der Waals surface area (Å²) in [6.45, 7) is 3.99. The molecule has 2 N–H and O–H groups in total. The number of nitrogens with two attached hydrogens (primary N) is 1. The third kappa shape index (κ3) is 2.94. The number of ether oxygens (including phenoxy) is 1. The van der Waals surface area contributed by atoms with Crippen molar-refractivity contribution < 1.29 is 9.53 Å². The summed E-state index contributed by atoms with van der Waals surface area (Å²) in [6.07, 6.45) is 2.62. The Morgan fingerprint density at radius 1 is 1.50 bits per heavy atom.